The maximum absolute atomic E-state index is 12.2. The quantitative estimate of drug-likeness (QED) is 0.403. The number of carboxylic acid groups (broad SMARTS) is 1. The third-order valence-corrected chi connectivity index (χ3v) is 4.53. The van der Waals surface area contributed by atoms with Crippen molar-refractivity contribution in [1.29, 1.82) is 0 Å². The lowest BCUT2D eigenvalue weighted by atomic mass is 10.0. The SMILES string of the molecule is NCCCC[C@H](N)C(=O)N[C@@H](Cc1ccc(OCc2ccccc2)cc1)C(=O)O. The first-order valence-corrected chi connectivity index (χ1v) is 9.74. The van der Waals surface area contributed by atoms with E-state index in [-0.39, 0.29) is 6.42 Å². The third kappa shape index (κ3) is 7.93. The number of unbranched alkanes of at least 4 members (excludes halogenated alkanes) is 1. The van der Waals surface area contributed by atoms with Crippen LogP contribution in [0.4, 0.5) is 0 Å². The van der Waals surface area contributed by atoms with Crippen molar-refractivity contribution in [2.75, 3.05) is 6.54 Å². The Hall–Kier alpha value is -2.90. The van der Waals surface area contributed by atoms with Crippen molar-refractivity contribution in [3.63, 3.8) is 0 Å². The van der Waals surface area contributed by atoms with Gasteiger partial charge in [-0.3, -0.25) is 4.79 Å². The minimum absolute atomic E-state index is 0.162. The van der Waals surface area contributed by atoms with E-state index >= 15 is 0 Å². The van der Waals surface area contributed by atoms with E-state index < -0.39 is 24.0 Å². The van der Waals surface area contributed by atoms with Gasteiger partial charge in [-0.15, -0.1) is 0 Å². The van der Waals surface area contributed by atoms with Crippen LogP contribution in [0.25, 0.3) is 0 Å². The van der Waals surface area contributed by atoms with Gasteiger partial charge in [0, 0.05) is 6.42 Å². The second-order valence-corrected chi connectivity index (χ2v) is 6.91. The molecule has 2 rings (SSSR count). The van der Waals surface area contributed by atoms with Crippen molar-refractivity contribution in [2.45, 2.75) is 44.4 Å². The zero-order valence-corrected chi connectivity index (χ0v) is 16.4. The van der Waals surface area contributed by atoms with Gasteiger partial charge in [0.1, 0.15) is 18.4 Å². The molecule has 156 valence electrons. The number of nitrogens with one attached hydrogen (secondary N) is 1. The Bertz CT molecular complexity index is 765. The number of hydrogen-bond acceptors (Lipinski definition) is 5. The minimum atomic E-state index is -1.10. The summed E-state index contributed by atoms with van der Waals surface area (Å²) in [6, 6.07) is 15.2. The Labute approximate surface area is 171 Å². The van der Waals surface area contributed by atoms with E-state index in [9.17, 15) is 14.7 Å². The van der Waals surface area contributed by atoms with Crippen LogP contribution in [0.15, 0.2) is 54.6 Å². The summed E-state index contributed by atoms with van der Waals surface area (Å²) in [5.41, 5.74) is 13.1. The number of hydrogen-bond donors (Lipinski definition) is 4. The molecule has 29 heavy (non-hydrogen) atoms. The summed E-state index contributed by atoms with van der Waals surface area (Å²) in [5, 5.41) is 12.0. The van der Waals surface area contributed by atoms with E-state index in [0.29, 0.717) is 25.3 Å². The molecule has 1 amide bonds. The summed E-state index contributed by atoms with van der Waals surface area (Å²) in [5.74, 6) is -0.871. The lowest BCUT2D eigenvalue weighted by Crippen LogP contribution is -2.49. The number of amides is 1. The highest BCUT2D eigenvalue weighted by Crippen LogP contribution is 2.15. The second kappa shape index (κ2) is 11.8. The number of nitrogens with two attached hydrogens (primary N) is 2. The van der Waals surface area contributed by atoms with Crippen LogP contribution >= 0.6 is 0 Å². The van der Waals surface area contributed by atoms with Gasteiger partial charge < -0.3 is 26.6 Å². The molecule has 7 heteroatoms. The summed E-state index contributed by atoms with van der Waals surface area (Å²) in [6.45, 7) is 0.993. The number of carboxylic acids is 1. The number of benzene rings is 2. The van der Waals surface area contributed by atoms with Crippen LogP contribution in [0.3, 0.4) is 0 Å². The molecule has 0 bridgehead atoms. The van der Waals surface area contributed by atoms with Gasteiger partial charge in [-0.25, -0.2) is 4.79 Å². The molecule has 0 spiro atoms. The third-order valence-electron chi connectivity index (χ3n) is 4.53. The van der Waals surface area contributed by atoms with E-state index in [1.54, 1.807) is 24.3 Å². The summed E-state index contributed by atoms with van der Waals surface area (Å²) >= 11 is 0. The van der Waals surface area contributed by atoms with E-state index in [0.717, 1.165) is 24.0 Å². The number of carbonyl (C=O) groups is 2. The zero-order valence-electron chi connectivity index (χ0n) is 16.4. The first-order valence-electron chi connectivity index (χ1n) is 9.74. The van der Waals surface area contributed by atoms with Gasteiger partial charge in [-0.2, -0.15) is 0 Å². The Morgan fingerprint density at radius 3 is 2.31 bits per heavy atom. The molecule has 0 heterocycles. The van der Waals surface area contributed by atoms with Crippen molar-refractivity contribution in [1.82, 2.24) is 5.32 Å². The van der Waals surface area contributed by atoms with Crippen LogP contribution in [0, 0.1) is 0 Å². The topological polar surface area (TPSA) is 128 Å². The molecule has 2 aromatic rings. The van der Waals surface area contributed by atoms with E-state index in [1.165, 1.54) is 0 Å². The van der Waals surface area contributed by atoms with E-state index in [1.807, 2.05) is 30.3 Å². The highest BCUT2D eigenvalue weighted by molar-refractivity contribution is 5.86. The zero-order chi connectivity index (χ0) is 21.1. The van der Waals surface area contributed by atoms with E-state index in [2.05, 4.69) is 5.32 Å². The van der Waals surface area contributed by atoms with Gasteiger partial charge in [0.25, 0.3) is 0 Å². The fraction of sp³-hybridized carbons (Fsp3) is 0.364. The largest absolute Gasteiger partial charge is 0.489 e. The Balaban J connectivity index is 1.87. The van der Waals surface area contributed by atoms with Gasteiger partial charge in [0.05, 0.1) is 6.04 Å². The van der Waals surface area contributed by atoms with Crippen molar-refractivity contribution >= 4 is 11.9 Å². The average Bonchev–Trinajstić information content (AvgIpc) is 2.73. The summed E-state index contributed by atoms with van der Waals surface area (Å²) < 4.78 is 5.73. The fourth-order valence-corrected chi connectivity index (χ4v) is 2.82. The van der Waals surface area contributed by atoms with Crippen molar-refractivity contribution < 1.29 is 19.4 Å². The lowest BCUT2D eigenvalue weighted by Gasteiger charge is -2.18. The molecular weight excluding hydrogens is 370 g/mol. The molecule has 2 aromatic carbocycles. The lowest BCUT2D eigenvalue weighted by molar-refractivity contribution is -0.142. The normalized spacial score (nSPS) is 12.8. The molecular formula is C22H29N3O4. The molecule has 0 unspecified atom stereocenters. The standard InChI is InChI=1S/C22H29N3O4/c23-13-5-4-8-19(24)21(26)25-20(22(27)28)14-16-9-11-18(12-10-16)29-15-17-6-2-1-3-7-17/h1-3,6-7,9-12,19-20H,4-5,8,13-15,23-24H2,(H,25,26)(H,27,28)/t19-,20-/m0/s1. The average molecular weight is 399 g/mol. The highest BCUT2D eigenvalue weighted by atomic mass is 16.5. The molecule has 0 aliphatic heterocycles. The Morgan fingerprint density at radius 2 is 1.69 bits per heavy atom. The van der Waals surface area contributed by atoms with Crippen molar-refractivity contribution in [2.24, 2.45) is 11.5 Å². The number of ether oxygens (including phenoxy) is 1. The first-order chi connectivity index (χ1) is 14.0. The number of aliphatic carboxylic acids is 1. The molecule has 0 saturated carbocycles. The maximum atomic E-state index is 12.2. The van der Waals surface area contributed by atoms with Gasteiger partial charge in [-0.05, 0) is 42.6 Å². The predicted molar refractivity (Wildman–Crippen MR) is 111 cm³/mol. The van der Waals surface area contributed by atoms with Crippen LogP contribution in [-0.2, 0) is 22.6 Å². The smallest absolute Gasteiger partial charge is 0.326 e. The highest BCUT2D eigenvalue weighted by Gasteiger charge is 2.23. The van der Waals surface area contributed by atoms with Crippen LogP contribution < -0.4 is 21.5 Å². The molecule has 0 aliphatic rings. The van der Waals surface area contributed by atoms with Crippen LogP contribution in [0.5, 0.6) is 5.75 Å². The van der Waals surface area contributed by atoms with E-state index in [4.69, 9.17) is 16.2 Å². The molecule has 7 nitrogen and oxygen atoms in total. The van der Waals surface area contributed by atoms with Gasteiger partial charge in [-0.1, -0.05) is 48.9 Å². The molecule has 0 aromatic heterocycles. The van der Waals surface area contributed by atoms with Crippen molar-refractivity contribution in [3.05, 3.63) is 65.7 Å². The summed E-state index contributed by atoms with van der Waals surface area (Å²) in [7, 11) is 0. The van der Waals surface area contributed by atoms with Gasteiger partial charge in [0.15, 0.2) is 0 Å². The first kappa shape index (κ1) is 22.4. The van der Waals surface area contributed by atoms with Crippen molar-refractivity contribution in [3.8, 4) is 5.75 Å². The van der Waals surface area contributed by atoms with Crippen LogP contribution in [0.2, 0.25) is 0 Å². The Morgan fingerprint density at radius 1 is 1.00 bits per heavy atom. The molecule has 0 radical (unpaired) electrons. The van der Waals surface area contributed by atoms with Crippen LogP contribution in [0.1, 0.15) is 30.4 Å². The molecule has 6 N–H and O–H groups in total. The number of carbonyl (C=O) groups excluding carboxylic acids is 1. The van der Waals surface area contributed by atoms with Gasteiger partial charge >= 0.3 is 5.97 Å². The minimum Gasteiger partial charge on any atom is -0.489 e. The molecule has 2 atom stereocenters. The predicted octanol–water partition coefficient (Wildman–Crippen LogP) is 1.83. The fourth-order valence-electron chi connectivity index (χ4n) is 2.82. The van der Waals surface area contributed by atoms with Gasteiger partial charge in [0.2, 0.25) is 5.91 Å². The molecule has 0 fully saturated rings. The molecule has 0 saturated heterocycles. The Kier molecular flexibility index (Phi) is 9.14. The molecule has 0 aliphatic carbocycles. The monoisotopic (exact) mass is 399 g/mol. The number of rotatable bonds is 12. The maximum Gasteiger partial charge on any atom is 0.326 e. The summed E-state index contributed by atoms with van der Waals surface area (Å²) in [4.78, 5) is 23.7. The summed E-state index contributed by atoms with van der Waals surface area (Å²) in [6.07, 6.45) is 2.15. The second-order valence-electron chi connectivity index (χ2n) is 6.91. The van der Waals surface area contributed by atoms with Crippen LogP contribution in [-0.4, -0.2) is 35.6 Å².